The molecule has 0 aromatic heterocycles. The summed E-state index contributed by atoms with van der Waals surface area (Å²) in [6, 6.07) is 6.69. The number of carboxylic acid groups (broad SMARTS) is 1. The zero-order valence-electron chi connectivity index (χ0n) is 15.6. The summed E-state index contributed by atoms with van der Waals surface area (Å²) >= 11 is 5.86. The van der Waals surface area contributed by atoms with E-state index in [1.54, 1.807) is 51.3 Å². The monoisotopic (exact) mass is 374 g/mol. The van der Waals surface area contributed by atoms with Crippen molar-refractivity contribution in [3.63, 3.8) is 0 Å². The summed E-state index contributed by atoms with van der Waals surface area (Å²) < 4.78 is 5.64. The Kier molecular flexibility index (Phi) is 5.89. The number of carbonyl (C=O) groups excluding carboxylic acids is 1. The quantitative estimate of drug-likeness (QED) is 0.591. The van der Waals surface area contributed by atoms with Crippen molar-refractivity contribution in [2.75, 3.05) is 7.11 Å². The lowest BCUT2D eigenvalue weighted by Gasteiger charge is -2.41. The zero-order chi connectivity index (χ0) is 19.6. The normalized spacial score (nSPS) is 23.7. The molecule has 0 heterocycles. The summed E-state index contributed by atoms with van der Waals surface area (Å²) in [6.45, 7) is 7.39. The standard InChI is InChI=1S/C21H23ClO4/c1-12-14(3)21(4,19(26-5)13(2)18(12)20(24)25)11-10-17(23)15-6-8-16(22)9-7-15/h6-11,19H,1-5H3,(H,24,25). The number of hydrogen-bond acceptors (Lipinski definition) is 3. The minimum Gasteiger partial charge on any atom is -0.478 e. The van der Waals surface area contributed by atoms with Gasteiger partial charge in [-0.2, -0.15) is 0 Å². The van der Waals surface area contributed by atoms with Gasteiger partial charge in [-0.3, -0.25) is 4.79 Å². The Hall–Kier alpha value is -2.17. The molecule has 2 atom stereocenters. The number of carbonyl (C=O) groups is 2. The molecule has 5 heteroatoms. The van der Waals surface area contributed by atoms with Gasteiger partial charge in [-0.05, 0) is 69.2 Å². The molecule has 4 nitrogen and oxygen atoms in total. The highest BCUT2D eigenvalue weighted by molar-refractivity contribution is 6.30. The van der Waals surface area contributed by atoms with Crippen LogP contribution in [0.2, 0.25) is 5.02 Å². The molecule has 1 aromatic carbocycles. The highest BCUT2D eigenvalue weighted by Crippen LogP contribution is 2.45. The van der Waals surface area contributed by atoms with Crippen LogP contribution in [0.4, 0.5) is 0 Å². The fraction of sp³-hybridized carbons (Fsp3) is 0.333. The predicted octanol–water partition coefficient (Wildman–Crippen LogP) is 4.85. The molecule has 0 fully saturated rings. The van der Waals surface area contributed by atoms with Crippen molar-refractivity contribution in [2.24, 2.45) is 5.41 Å². The van der Waals surface area contributed by atoms with Crippen LogP contribution in [0.25, 0.3) is 0 Å². The average Bonchev–Trinajstić information content (AvgIpc) is 2.59. The summed E-state index contributed by atoms with van der Waals surface area (Å²) in [6.07, 6.45) is 2.86. The summed E-state index contributed by atoms with van der Waals surface area (Å²) in [5.41, 5.74) is 2.42. The molecule has 0 radical (unpaired) electrons. The van der Waals surface area contributed by atoms with E-state index in [0.29, 0.717) is 21.7 Å². The Balaban J connectivity index is 2.45. The van der Waals surface area contributed by atoms with Gasteiger partial charge in [0.2, 0.25) is 0 Å². The summed E-state index contributed by atoms with van der Waals surface area (Å²) in [4.78, 5) is 24.1. The van der Waals surface area contributed by atoms with Crippen LogP contribution >= 0.6 is 11.6 Å². The highest BCUT2D eigenvalue weighted by atomic mass is 35.5. The Labute approximate surface area is 158 Å². The summed E-state index contributed by atoms with van der Waals surface area (Å²) in [7, 11) is 1.55. The van der Waals surface area contributed by atoms with Gasteiger partial charge in [-0.25, -0.2) is 4.79 Å². The van der Waals surface area contributed by atoms with Crippen LogP contribution in [-0.4, -0.2) is 30.1 Å². The fourth-order valence-corrected chi connectivity index (χ4v) is 3.71. The minimum atomic E-state index is -0.968. The van der Waals surface area contributed by atoms with Crippen LogP contribution in [0.3, 0.4) is 0 Å². The van der Waals surface area contributed by atoms with Crippen molar-refractivity contribution >= 4 is 23.4 Å². The first-order valence-electron chi connectivity index (χ1n) is 8.27. The van der Waals surface area contributed by atoms with Crippen LogP contribution in [0, 0.1) is 5.41 Å². The molecule has 0 saturated carbocycles. The van der Waals surface area contributed by atoms with Gasteiger partial charge in [0.1, 0.15) is 0 Å². The number of carboxylic acids is 1. The maximum Gasteiger partial charge on any atom is 0.335 e. The zero-order valence-corrected chi connectivity index (χ0v) is 16.3. The largest absolute Gasteiger partial charge is 0.478 e. The average molecular weight is 375 g/mol. The molecule has 0 amide bonds. The first kappa shape index (κ1) is 20.1. The van der Waals surface area contributed by atoms with Crippen molar-refractivity contribution in [3.05, 3.63) is 69.3 Å². The predicted molar refractivity (Wildman–Crippen MR) is 103 cm³/mol. The molecule has 1 aromatic rings. The van der Waals surface area contributed by atoms with Gasteiger partial charge in [0.25, 0.3) is 0 Å². The first-order valence-corrected chi connectivity index (χ1v) is 8.65. The second kappa shape index (κ2) is 7.60. The van der Waals surface area contributed by atoms with E-state index in [0.717, 1.165) is 5.57 Å². The second-order valence-corrected chi connectivity index (χ2v) is 7.15. The number of ketones is 1. The number of halogens is 1. The molecule has 26 heavy (non-hydrogen) atoms. The molecule has 1 aliphatic rings. The molecular formula is C21H23ClO4. The molecule has 2 unspecified atom stereocenters. The highest BCUT2D eigenvalue weighted by Gasteiger charge is 2.42. The third-order valence-corrected chi connectivity index (χ3v) is 5.49. The van der Waals surface area contributed by atoms with E-state index < -0.39 is 17.5 Å². The lowest BCUT2D eigenvalue weighted by atomic mass is 9.67. The van der Waals surface area contributed by atoms with Gasteiger partial charge in [0, 0.05) is 23.1 Å². The van der Waals surface area contributed by atoms with Gasteiger partial charge in [0.15, 0.2) is 5.78 Å². The van der Waals surface area contributed by atoms with Gasteiger partial charge in [-0.15, -0.1) is 0 Å². The fourth-order valence-electron chi connectivity index (χ4n) is 3.59. The maximum atomic E-state index is 12.5. The molecule has 0 bridgehead atoms. The molecule has 1 aliphatic carbocycles. The molecule has 1 N–H and O–H groups in total. The minimum absolute atomic E-state index is 0.145. The van der Waals surface area contributed by atoms with E-state index in [1.807, 2.05) is 13.8 Å². The number of hydrogen-bond donors (Lipinski definition) is 1. The topological polar surface area (TPSA) is 63.6 Å². The van der Waals surface area contributed by atoms with Crippen molar-refractivity contribution in [2.45, 2.75) is 33.8 Å². The van der Waals surface area contributed by atoms with E-state index in [-0.39, 0.29) is 11.4 Å². The molecule has 138 valence electrons. The van der Waals surface area contributed by atoms with Crippen LogP contribution in [0.15, 0.2) is 58.7 Å². The van der Waals surface area contributed by atoms with E-state index in [2.05, 4.69) is 0 Å². The number of rotatable bonds is 5. The lowest BCUT2D eigenvalue weighted by molar-refractivity contribution is -0.132. The van der Waals surface area contributed by atoms with Gasteiger partial charge in [0.05, 0.1) is 11.7 Å². The third kappa shape index (κ3) is 3.53. The van der Waals surface area contributed by atoms with E-state index in [1.165, 1.54) is 6.08 Å². The first-order chi connectivity index (χ1) is 12.1. The van der Waals surface area contributed by atoms with Crippen LogP contribution in [0.1, 0.15) is 38.1 Å². The summed E-state index contributed by atoms with van der Waals surface area (Å²) in [5, 5.41) is 10.1. The van der Waals surface area contributed by atoms with Gasteiger partial charge in [-0.1, -0.05) is 23.3 Å². The van der Waals surface area contributed by atoms with E-state index in [4.69, 9.17) is 16.3 Å². The lowest BCUT2D eigenvalue weighted by Crippen LogP contribution is -2.39. The molecule has 0 spiro atoms. The number of ether oxygens (including phenoxy) is 1. The van der Waals surface area contributed by atoms with Crippen LogP contribution in [0.5, 0.6) is 0 Å². The van der Waals surface area contributed by atoms with Crippen molar-refractivity contribution in [1.82, 2.24) is 0 Å². The Morgan fingerprint density at radius 1 is 1.19 bits per heavy atom. The Morgan fingerprint density at radius 3 is 2.27 bits per heavy atom. The molecule has 2 rings (SSSR count). The van der Waals surface area contributed by atoms with Gasteiger partial charge >= 0.3 is 5.97 Å². The Bertz CT molecular complexity index is 830. The third-order valence-electron chi connectivity index (χ3n) is 5.24. The van der Waals surface area contributed by atoms with E-state index in [9.17, 15) is 14.7 Å². The van der Waals surface area contributed by atoms with Crippen molar-refractivity contribution in [3.8, 4) is 0 Å². The summed E-state index contributed by atoms with van der Waals surface area (Å²) in [5.74, 6) is -1.11. The molecular weight excluding hydrogens is 352 g/mol. The number of allylic oxidation sites excluding steroid dienone is 1. The molecule has 0 aliphatic heterocycles. The number of benzene rings is 1. The van der Waals surface area contributed by atoms with Crippen LogP contribution in [-0.2, 0) is 9.53 Å². The SMILES string of the molecule is COC1C(C)=C(C(=O)O)C(C)=C(C)C1(C)C=CC(=O)c1ccc(Cl)cc1. The van der Waals surface area contributed by atoms with Gasteiger partial charge < -0.3 is 9.84 Å². The van der Waals surface area contributed by atoms with Crippen molar-refractivity contribution < 1.29 is 19.4 Å². The second-order valence-electron chi connectivity index (χ2n) is 6.72. The van der Waals surface area contributed by atoms with E-state index >= 15 is 0 Å². The van der Waals surface area contributed by atoms with Crippen molar-refractivity contribution in [1.29, 1.82) is 0 Å². The number of aliphatic carboxylic acids is 1. The number of methoxy groups -OCH3 is 1. The maximum absolute atomic E-state index is 12.5. The van der Waals surface area contributed by atoms with Crippen LogP contribution < -0.4 is 0 Å². The Morgan fingerprint density at radius 2 is 1.77 bits per heavy atom. The molecule has 0 saturated heterocycles. The smallest absolute Gasteiger partial charge is 0.335 e.